The van der Waals surface area contributed by atoms with Crippen molar-refractivity contribution in [2.24, 2.45) is 11.3 Å². The quantitative estimate of drug-likeness (QED) is 0.858. The molecule has 0 aromatic heterocycles. The number of hydrogen-bond donors (Lipinski definition) is 1. The Morgan fingerprint density at radius 1 is 1.20 bits per heavy atom. The molecule has 20 heavy (non-hydrogen) atoms. The second-order valence-corrected chi connectivity index (χ2v) is 6.66. The molecule has 0 heterocycles. The van der Waals surface area contributed by atoms with Crippen molar-refractivity contribution in [1.29, 1.82) is 5.26 Å². The first-order valence-electron chi connectivity index (χ1n) is 7.82. The van der Waals surface area contributed by atoms with Crippen LogP contribution in [0.5, 0.6) is 0 Å². The Labute approximate surface area is 123 Å². The van der Waals surface area contributed by atoms with Gasteiger partial charge in [0, 0.05) is 12.6 Å². The highest BCUT2D eigenvalue weighted by molar-refractivity contribution is 5.20. The van der Waals surface area contributed by atoms with E-state index in [1.165, 1.54) is 37.7 Å². The number of benzene rings is 1. The zero-order valence-corrected chi connectivity index (χ0v) is 12.7. The fraction of sp³-hybridized carbons (Fsp3) is 0.611. The van der Waals surface area contributed by atoms with E-state index in [9.17, 15) is 5.26 Å². The number of rotatable bonds is 5. The summed E-state index contributed by atoms with van der Waals surface area (Å²) < 4.78 is 0. The topological polar surface area (TPSA) is 35.8 Å². The third-order valence-corrected chi connectivity index (χ3v) is 4.35. The van der Waals surface area contributed by atoms with Crippen LogP contribution in [0.3, 0.4) is 0 Å². The zero-order chi connectivity index (χ0) is 14.4. The summed E-state index contributed by atoms with van der Waals surface area (Å²) in [5.41, 5.74) is 1.06. The standard InChI is InChI=1S/C18H26N2/c1-18(2,13-19)14-20-17(15-9-5-3-6-10-15)16-11-7-4-8-12-16/h3,5-6,9-10,16-17,20H,4,7-8,11-12,14H2,1-2H3. The van der Waals surface area contributed by atoms with Crippen LogP contribution < -0.4 is 5.32 Å². The molecular formula is C18H26N2. The van der Waals surface area contributed by atoms with Crippen molar-refractivity contribution < 1.29 is 0 Å². The van der Waals surface area contributed by atoms with Crippen LogP contribution in [0, 0.1) is 22.7 Å². The predicted molar refractivity (Wildman–Crippen MR) is 83.2 cm³/mol. The Hall–Kier alpha value is -1.33. The van der Waals surface area contributed by atoms with Gasteiger partial charge < -0.3 is 5.32 Å². The molecule has 1 aliphatic rings. The van der Waals surface area contributed by atoms with Gasteiger partial charge in [-0.25, -0.2) is 0 Å². The van der Waals surface area contributed by atoms with Gasteiger partial charge in [-0.3, -0.25) is 0 Å². The second kappa shape index (κ2) is 6.90. The van der Waals surface area contributed by atoms with E-state index in [0.29, 0.717) is 12.0 Å². The largest absolute Gasteiger partial charge is 0.308 e. The van der Waals surface area contributed by atoms with Gasteiger partial charge in [-0.1, -0.05) is 49.6 Å². The summed E-state index contributed by atoms with van der Waals surface area (Å²) in [4.78, 5) is 0. The van der Waals surface area contributed by atoms with Gasteiger partial charge in [0.05, 0.1) is 11.5 Å². The molecule has 0 radical (unpaired) electrons. The number of nitrogens with one attached hydrogen (secondary N) is 1. The first-order valence-corrected chi connectivity index (χ1v) is 7.82. The van der Waals surface area contributed by atoms with Crippen LogP contribution in [0.4, 0.5) is 0 Å². The van der Waals surface area contributed by atoms with E-state index in [-0.39, 0.29) is 5.41 Å². The number of hydrogen-bond acceptors (Lipinski definition) is 2. The van der Waals surface area contributed by atoms with Gasteiger partial charge in [-0.2, -0.15) is 5.26 Å². The van der Waals surface area contributed by atoms with Crippen LogP contribution in [-0.4, -0.2) is 6.54 Å². The summed E-state index contributed by atoms with van der Waals surface area (Å²) in [5, 5.41) is 12.9. The minimum absolute atomic E-state index is 0.304. The zero-order valence-electron chi connectivity index (χ0n) is 12.7. The maximum Gasteiger partial charge on any atom is 0.0697 e. The summed E-state index contributed by atoms with van der Waals surface area (Å²) in [6.07, 6.45) is 6.68. The molecule has 1 aromatic rings. The van der Waals surface area contributed by atoms with E-state index < -0.39 is 0 Å². The van der Waals surface area contributed by atoms with Crippen molar-refractivity contribution in [1.82, 2.24) is 5.32 Å². The third-order valence-electron chi connectivity index (χ3n) is 4.35. The lowest BCUT2D eigenvalue weighted by Gasteiger charge is -2.33. The van der Waals surface area contributed by atoms with Crippen LogP contribution in [0.2, 0.25) is 0 Å². The molecule has 0 bridgehead atoms. The number of nitriles is 1. The smallest absolute Gasteiger partial charge is 0.0697 e. The van der Waals surface area contributed by atoms with Crippen molar-refractivity contribution in [3.63, 3.8) is 0 Å². The Balaban J connectivity index is 2.10. The molecule has 0 spiro atoms. The third kappa shape index (κ3) is 4.08. The molecule has 1 N–H and O–H groups in total. The molecule has 1 fully saturated rings. The molecule has 1 saturated carbocycles. The van der Waals surface area contributed by atoms with Gasteiger partial charge in [0.15, 0.2) is 0 Å². The molecule has 1 atom stereocenters. The molecule has 0 amide bonds. The lowest BCUT2D eigenvalue weighted by Crippen LogP contribution is -2.36. The predicted octanol–water partition coefficient (Wildman–Crippen LogP) is 4.45. The Bertz CT molecular complexity index is 438. The van der Waals surface area contributed by atoms with E-state index in [0.717, 1.165) is 6.54 Å². The van der Waals surface area contributed by atoms with Crippen LogP contribution in [-0.2, 0) is 0 Å². The van der Waals surface area contributed by atoms with Gasteiger partial charge in [0.1, 0.15) is 0 Å². The fourth-order valence-electron chi connectivity index (χ4n) is 3.09. The van der Waals surface area contributed by atoms with Crippen LogP contribution >= 0.6 is 0 Å². The molecule has 1 aliphatic carbocycles. The van der Waals surface area contributed by atoms with Gasteiger partial charge in [-0.15, -0.1) is 0 Å². The second-order valence-electron chi connectivity index (χ2n) is 6.66. The van der Waals surface area contributed by atoms with Gasteiger partial charge in [0.2, 0.25) is 0 Å². The highest BCUT2D eigenvalue weighted by atomic mass is 14.9. The van der Waals surface area contributed by atoms with E-state index in [2.05, 4.69) is 41.7 Å². The van der Waals surface area contributed by atoms with Crippen LogP contribution in [0.25, 0.3) is 0 Å². The van der Waals surface area contributed by atoms with Crippen molar-refractivity contribution >= 4 is 0 Å². The van der Waals surface area contributed by atoms with Gasteiger partial charge >= 0.3 is 0 Å². The highest BCUT2D eigenvalue weighted by Crippen LogP contribution is 2.34. The van der Waals surface area contributed by atoms with Crippen LogP contribution in [0.1, 0.15) is 57.6 Å². The Morgan fingerprint density at radius 2 is 1.85 bits per heavy atom. The van der Waals surface area contributed by atoms with E-state index >= 15 is 0 Å². The molecule has 2 rings (SSSR count). The molecular weight excluding hydrogens is 244 g/mol. The molecule has 2 heteroatoms. The minimum atomic E-state index is -0.304. The molecule has 2 nitrogen and oxygen atoms in total. The van der Waals surface area contributed by atoms with Crippen molar-refractivity contribution in [3.05, 3.63) is 35.9 Å². The Morgan fingerprint density at radius 3 is 2.45 bits per heavy atom. The normalized spacial score (nSPS) is 18.4. The lowest BCUT2D eigenvalue weighted by molar-refractivity contribution is 0.256. The van der Waals surface area contributed by atoms with E-state index in [4.69, 9.17) is 0 Å². The van der Waals surface area contributed by atoms with Gasteiger partial charge in [-0.05, 0) is 38.2 Å². The van der Waals surface area contributed by atoms with E-state index in [1.54, 1.807) is 0 Å². The molecule has 108 valence electrons. The maximum atomic E-state index is 9.20. The first-order chi connectivity index (χ1) is 9.62. The van der Waals surface area contributed by atoms with Crippen molar-refractivity contribution in [3.8, 4) is 6.07 Å². The summed E-state index contributed by atoms with van der Waals surface area (Å²) in [5.74, 6) is 0.709. The highest BCUT2D eigenvalue weighted by Gasteiger charge is 2.27. The van der Waals surface area contributed by atoms with Gasteiger partial charge in [0.25, 0.3) is 0 Å². The molecule has 1 aromatic carbocycles. The summed E-state index contributed by atoms with van der Waals surface area (Å²) in [6.45, 7) is 4.76. The Kier molecular flexibility index (Phi) is 5.20. The molecule has 0 aliphatic heterocycles. The molecule has 1 unspecified atom stereocenters. The summed E-state index contributed by atoms with van der Waals surface area (Å²) >= 11 is 0. The number of nitrogens with zero attached hydrogens (tertiary/aromatic N) is 1. The average Bonchev–Trinajstić information content (AvgIpc) is 2.49. The summed E-state index contributed by atoms with van der Waals surface area (Å²) in [6, 6.07) is 13.5. The first kappa shape index (κ1) is 15.1. The average molecular weight is 270 g/mol. The van der Waals surface area contributed by atoms with Crippen molar-refractivity contribution in [2.75, 3.05) is 6.54 Å². The minimum Gasteiger partial charge on any atom is -0.308 e. The van der Waals surface area contributed by atoms with Crippen molar-refractivity contribution in [2.45, 2.75) is 52.0 Å². The SMILES string of the molecule is CC(C)(C#N)CNC(c1ccccc1)C1CCCCC1. The van der Waals surface area contributed by atoms with E-state index in [1.807, 2.05) is 13.8 Å². The maximum absolute atomic E-state index is 9.20. The lowest BCUT2D eigenvalue weighted by atomic mass is 9.80. The monoisotopic (exact) mass is 270 g/mol. The fourth-order valence-corrected chi connectivity index (χ4v) is 3.09. The molecule has 0 saturated heterocycles. The van der Waals surface area contributed by atoms with Crippen LogP contribution in [0.15, 0.2) is 30.3 Å². The summed E-state index contributed by atoms with van der Waals surface area (Å²) in [7, 11) is 0.